The maximum atomic E-state index is 13.8. The van der Waals surface area contributed by atoms with Gasteiger partial charge in [0.25, 0.3) is 0 Å². The normalized spacial score (nSPS) is 14.0. The van der Waals surface area contributed by atoms with Crippen LogP contribution in [-0.2, 0) is 0 Å². The summed E-state index contributed by atoms with van der Waals surface area (Å²) in [7, 11) is 0. The number of halogens is 4. The van der Waals surface area contributed by atoms with Gasteiger partial charge in [0.2, 0.25) is 0 Å². The van der Waals surface area contributed by atoms with Crippen LogP contribution in [0.1, 0.15) is 28.9 Å². The average molecular weight is 594 g/mol. The van der Waals surface area contributed by atoms with Gasteiger partial charge in [-0.15, -0.1) is 5.10 Å². The van der Waals surface area contributed by atoms with Crippen molar-refractivity contribution in [3.63, 3.8) is 0 Å². The topological polar surface area (TPSA) is 103 Å². The minimum Gasteiger partial charge on any atom is -0.373 e. The van der Waals surface area contributed by atoms with Crippen LogP contribution in [-0.4, -0.2) is 33.1 Å². The molecule has 0 radical (unpaired) electrons. The number of rotatable bonds is 7. The van der Waals surface area contributed by atoms with Crippen molar-refractivity contribution in [3.05, 3.63) is 105 Å². The molecular weight excluding hydrogens is 574 g/mol. The molecule has 6 rings (SSSR count). The Morgan fingerprint density at radius 3 is 2.50 bits per heavy atom. The van der Waals surface area contributed by atoms with Crippen LogP contribution in [0.15, 0.2) is 67.0 Å². The van der Waals surface area contributed by atoms with Gasteiger partial charge in [0.1, 0.15) is 17.6 Å². The van der Waals surface area contributed by atoms with E-state index in [-0.39, 0.29) is 22.7 Å². The Morgan fingerprint density at radius 2 is 1.80 bits per heavy atom. The summed E-state index contributed by atoms with van der Waals surface area (Å²) in [5.41, 5.74) is 4.05. The van der Waals surface area contributed by atoms with Gasteiger partial charge in [-0.2, -0.15) is 5.26 Å². The molecule has 40 heavy (non-hydrogen) atoms. The van der Waals surface area contributed by atoms with Crippen LogP contribution in [0.25, 0.3) is 10.9 Å². The van der Waals surface area contributed by atoms with Gasteiger partial charge in [0, 0.05) is 41.1 Å². The fraction of sp³-hybridized carbons (Fsp3) is 0.143. The lowest BCUT2D eigenvalue weighted by Gasteiger charge is -2.26. The molecular formula is C28H20Cl3FN8. The van der Waals surface area contributed by atoms with Crippen molar-refractivity contribution in [2.24, 2.45) is 0 Å². The molecule has 3 N–H and O–H groups in total. The summed E-state index contributed by atoms with van der Waals surface area (Å²) < 4.78 is 15.6. The van der Waals surface area contributed by atoms with Crippen molar-refractivity contribution in [2.75, 3.05) is 23.7 Å². The van der Waals surface area contributed by atoms with E-state index in [1.807, 2.05) is 41.2 Å². The Hall–Kier alpha value is -3.94. The van der Waals surface area contributed by atoms with E-state index in [0.717, 1.165) is 18.7 Å². The molecule has 200 valence electrons. The monoisotopic (exact) mass is 592 g/mol. The fourth-order valence-electron chi connectivity index (χ4n) is 4.49. The van der Waals surface area contributed by atoms with E-state index in [1.54, 1.807) is 6.07 Å². The third kappa shape index (κ3) is 5.15. The summed E-state index contributed by atoms with van der Waals surface area (Å²) in [6.45, 7) is 1.68. The summed E-state index contributed by atoms with van der Waals surface area (Å²) in [4.78, 5) is 4.42. The lowest BCUT2D eigenvalue weighted by atomic mass is 10.0. The largest absolute Gasteiger partial charge is 0.373 e. The predicted molar refractivity (Wildman–Crippen MR) is 155 cm³/mol. The van der Waals surface area contributed by atoms with E-state index in [0.29, 0.717) is 43.7 Å². The highest BCUT2D eigenvalue weighted by Crippen LogP contribution is 2.37. The van der Waals surface area contributed by atoms with Crippen LogP contribution in [0, 0.1) is 17.1 Å². The van der Waals surface area contributed by atoms with Crippen molar-refractivity contribution >= 4 is 62.8 Å². The predicted octanol–water partition coefficient (Wildman–Crippen LogP) is 6.89. The lowest BCUT2D eigenvalue weighted by Crippen LogP contribution is -2.43. The maximum Gasteiger partial charge on any atom is 0.141 e. The Morgan fingerprint density at radius 1 is 1.02 bits per heavy atom. The number of anilines is 3. The third-order valence-corrected chi connectivity index (χ3v) is 7.54. The summed E-state index contributed by atoms with van der Waals surface area (Å²) >= 11 is 18.9. The van der Waals surface area contributed by atoms with Crippen molar-refractivity contribution in [3.8, 4) is 6.07 Å². The highest BCUT2D eigenvalue weighted by Gasteiger charge is 2.24. The smallest absolute Gasteiger partial charge is 0.141 e. The van der Waals surface area contributed by atoms with Crippen molar-refractivity contribution < 1.29 is 4.39 Å². The number of nitrogens with one attached hydrogen (secondary N) is 3. The second kappa shape index (κ2) is 10.9. The Labute approximate surface area is 243 Å². The number of aromatic nitrogens is 4. The molecule has 12 heteroatoms. The van der Waals surface area contributed by atoms with Crippen LogP contribution in [0.5, 0.6) is 0 Å². The van der Waals surface area contributed by atoms with E-state index in [1.165, 1.54) is 24.4 Å². The van der Waals surface area contributed by atoms with Crippen molar-refractivity contribution in [1.82, 2.24) is 25.3 Å². The zero-order valence-corrected chi connectivity index (χ0v) is 22.9. The molecule has 5 aromatic rings. The summed E-state index contributed by atoms with van der Waals surface area (Å²) in [6.07, 6.45) is 3.37. The van der Waals surface area contributed by atoms with Gasteiger partial charge in [0.15, 0.2) is 0 Å². The first-order chi connectivity index (χ1) is 19.4. The standard InChI is InChI=1S/C28H20Cl3FN8/c29-17-3-1-15(2-4-17)27(25-14-40(39-38-25)20-12-34-13-20)37-19-7-21-26(36-18-5-6-24(32)22(30)8-18)16(10-33)11-35-28(21)23(31)9-19/h1-9,11,14,20,27,34,37H,12-13H2,(H,35,36). The first kappa shape index (κ1) is 26.3. The number of hydrogen-bond acceptors (Lipinski definition) is 7. The summed E-state index contributed by atoms with van der Waals surface area (Å²) in [5.74, 6) is -0.541. The van der Waals surface area contributed by atoms with Gasteiger partial charge in [-0.3, -0.25) is 4.98 Å². The number of nitrogens with zero attached hydrogens (tertiary/aromatic N) is 5. The summed E-state index contributed by atoms with van der Waals surface area (Å²) in [6, 6.07) is 17.4. The van der Waals surface area contributed by atoms with Crippen LogP contribution in [0.4, 0.5) is 21.5 Å². The quantitative estimate of drug-likeness (QED) is 0.189. The van der Waals surface area contributed by atoms with Crippen LogP contribution in [0.2, 0.25) is 15.1 Å². The van der Waals surface area contributed by atoms with Gasteiger partial charge < -0.3 is 16.0 Å². The molecule has 1 saturated heterocycles. The second-order valence-corrected chi connectivity index (χ2v) is 10.6. The molecule has 8 nitrogen and oxygen atoms in total. The molecule has 0 aliphatic carbocycles. The number of nitriles is 1. The number of fused-ring (bicyclic) bond motifs is 1. The number of benzene rings is 3. The van der Waals surface area contributed by atoms with Gasteiger partial charge in [-0.1, -0.05) is 52.1 Å². The molecule has 0 amide bonds. The molecule has 2 aromatic heterocycles. The zero-order chi connectivity index (χ0) is 27.8. The van der Waals surface area contributed by atoms with E-state index < -0.39 is 5.82 Å². The van der Waals surface area contributed by atoms with Gasteiger partial charge in [-0.05, 0) is 48.0 Å². The molecule has 0 saturated carbocycles. The summed E-state index contributed by atoms with van der Waals surface area (Å²) in [5, 5.41) is 30.2. The maximum absolute atomic E-state index is 13.8. The Bertz CT molecular complexity index is 1760. The molecule has 0 bridgehead atoms. The zero-order valence-electron chi connectivity index (χ0n) is 20.7. The molecule has 1 unspecified atom stereocenters. The number of hydrogen-bond donors (Lipinski definition) is 3. The van der Waals surface area contributed by atoms with E-state index in [4.69, 9.17) is 34.8 Å². The number of pyridine rings is 1. The van der Waals surface area contributed by atoms with Crippen LogP contribution in [0.3, 0.4) is 0 Å². The van der Waals surface area contributed by atoms with E-state index in [2.05, 4.69) is 37.3 Å². The third-order valence-electron chi connectivity index (χ3n) is 6.71. The highest BCUT2D eigenvalue weighted by molar-refractivity contribution is 6.36. The fourth-order valence-corrected chi connectivity index (χ4v) is 5.07. The van der Waals surface area contributed by atoms with Crippen molar-refractivity contribution in [2.45, 2.75) is 12.1 Å². The van der Waals surface area contributed by atoms with Gasteiger partial charge >= 0.3 is 0 Å². The molecule has 1 aliphatic rings. The molecule has 3 aromatic carbocycles. The molecule has 1 atom stereocenters. The van der Waals surface area contributed by atoms with E-state index >= 15 is 0 Å². The first-order valence-electron chi connectivity index (χ1n) is 12.3. The van der Waals surface area contributed by atoms with E-state index in [9.17, 15) is 9.65 Å². The molecule has 0 spiro atoms. The first-order valence-corrected chi connectivity index (χ1v) is 13.4. The van der Waals surface area contributed by atoms with Crippen LogP contribution < -0.4 is 16.0 Å². The Kier molecular flexibility index (Phi) is 7.17. The van der Waals surface area contributed by atoms with Gasteiger partial charge in [-0.25, -0.2) is 9.07 Å². The molecule has 1 fully saturated rings. The lowest BCUT2D eigenvalue weighted by molar-refractivity contribution is 0.312. The molecule has 1 aliphatic heterocycles. The molecule has 3 heterocycles. The Balaban J connectivity index is 1.43. The minimum absolute atomic E-state index is 0.0428. The average Bonchev–Trinajstić information content (AvgIpc) is 3.38. The minimum atomic E-state index is -0.541. The highest BCUT2D eigenvalue weighted by atomic mass is 35.5. The second-order valence-electron chi connectivity index (χ2n) is 9.33. The SMILES string of the molecule is N#Cc1cnc2c(Cl)cc(NC(c3ccc(Cl)cc3)c3cn(C4CNC4)nn3)cc2c1Nc1ccc(F)c(Cl)c1. The van der Waals surface area contributed by atoms with Crippen molar-refractivity contribution in [1.29, 1.82) is 5.26 Å². The van der Waals surface area contributed by atoms with Gasteiger partial charge in [0.05, 0.1) is 45.1 Å². The van der Waals surface area contributed by atoms with Crippen LogP contribution >= 0.6 is 34.8 Å².